The molecule has 0 aliphatic carbocycles. The molecule has 1 unspecified atom stereocenters. The second-order valence-corrected chi connectivity index (χ2v) is 5.68. The Bertz CT molecular complexity index is 631. The molecule has 0 aliphatic heterocycles. The maximum absolute atomic E-state index is 6.33. The van der Waals surface area contributed by atoms with Crippen LogP contribution in [-0.4, -0.2) is 19.8 Å². The third-order valence-electron chi connectivity index (χ3n) is 3.74. The number of hydrogen-bond acceptors (Lipinski definition) is 3. The van der Waals surface area contributed by atoms with Crippen LogP contribution in [0.4, 0.5) is 0 Å². The van der Waals surface area contributed by atoms with Gasteiger partial charge >= 0.3 is 0 Å². The third kappa shape index (κ3) is 4.40. The highest BCUT2D eigenvalue weighted by molar-refractivity contribution is 6.31. The van der Waals surface area contributed by atoms with Gasteiger partial charge in [0.15, 0.2) is 11.5 Å². The van der Waals surface area contributed by atoms with Gasteiger partial charge in [0.1, 0.15) is 0 Å². The van der Waals surface area contributed by atoms with E-state index in [0.29, 0.717) is 19.8 Å². The molecule has 2 aromatic carbocycles. The van der Waals surface area contributed by atoms with Crippen molar-refractivity contribution < 1.29 is 9.47 Å². The minimum atomic E-state index is 0.139. The zero-order valence-electron chi connectivity index (χ0n) is 13.7. The van der Waals surface area contributed by atoms with Gasteiger partial charge in [-0.3, -0.25) is 0 Å². The largest absolute Gasteiger partial charge is 0.490 e. The third-order valence-corrected chi connectivity index (χ3v) is 4.09. The Morgan fingerprint density at radius 3 is 2.39 bits per heavy atom. The van der Waals surface area contributed by atoms with E-state index in [9.17, 15) is 0 Å². The first-order valence-corrected chi connectivity index (χ1v) is 8.41. The zero-order chi connectivity index (χ0) is 16.7. The van der Waals surface area contributed by atoms with Crippen molar-refractivity contribution in [3.05, 3.63) is 58.6 Å². The monoisotopic (exact) mass is 333 g/mol. The van der Waals surface area contributed by atoms with Gasteiger partial charge < -0.3 is 15.2 Å². The van der Waals surface area contributed by atoms with E-state index in [-0.39, 0.29) is 5.92 Å². The van der Waals surface area contributed by atoms with Crippen LogP contribution >= 0.6 is 11.6 Å². The van der Waals surface area contributed by atoms with Crippen LogP contribution in [0.2, 0.25) is 5.02 Å². The van der Waals surface area contributed by atoms with E-state index in [0.717, 1.165) is 34.1 Å². The van der Waals surface area contributed by atoms with Gasteiger partial charge in [-0.15, -0.1) is 0 Å². The van der Waals surface area contributed by atoms with E-state index in [1.165, 1.54) is 0 Å². The topological polar surface area (TPSA) is 44.5 Å². The molecule has 0 radical (unpaired) electrons. The second-order valence-electron chi connectivity index (χ2n) is 5.27. The number of nitrogens with two attached hydrogens (primary N) is 1. The number of hydrogen-bond donors (Lipinski definition) is 1. The van der Waals surface area contributed by atoms with Gasteiger partial charge in [0.2, 0.25) is 0 Å². The van der Waals surface area contributed by atoms with Gasteiger partial charge in [-0.05, 0) is 50.1 Å². The Morgan fingerprint density at radius 2 is 1.74 bits per heavy atom. The fourth-order valence-corrected chi connectivity index (χ4v) is 2.98. The summed E-state index contributed by atoms with van der Waals surface area (Å²) in [6.45, 7) is 5.66. The predicted octanol–water partition coefficient (Wildman–Crippen LogP) is 4.42. The lowest BCUT2D eigenvalue weighted by atomic mass is 9.91. The van der Waals surface area contributed by atoms with E-state index in [2.05, 4.69) is 6.07 Å². The molecule has 0 heterocycles. The van der Waals surface area contributed by atoms with Crippen LogP contribution in [0.3, 0.4) is 0 Å². The summed E-state index contributed by atoms with van der Waals surface area (Å²) >= 11 is 6.33. The molecule has 0 saturated carbocycles. The average molecular weight is 334 g/mol. The van der Waals surface area contributed by atoms with Crippen molar-refractivity contribution in [1.29, 1.82) is 0 Å². The molecule has 3 nitrogen and oxygen atoms in total. The molecule has 124 valence electrons. The summed E-state index contributed by atoms with van der Waals surface area (Å²) in [6.07, 6.45) is 0.760. The number of rotatable bonds is 8. The fraction of sp³-hybridized carbons (Fsp3) is 0.368. The SMILES string of the molecule is CCOc1cccc(CC(CN)c2ccccc2Cl)c1OCC. The van der Waals surface area contributed by atoms with Crippen LogP contribution < -0.4 is 15.2 Å². The van der Waals surface area contributed by atoms with Gasteiger partial charge in [0.25, 0.3) is 0 Å². The van der Waals surface area contributed by atoms with Crippen LogP contribution in [0.5, 0.6) is 11.5 Å². The van der Waals surface area contributed by atoms with Crippen LogP contribution in [0, 0.1) is 0 Å². The second kappa shape index (κ2) is 8.80. The molecule has 2 N–H and O–H groups in total. The lowest BCUT2D eigenvalue weighted by Gasteiger charge is -2.20. The standard InChI is InChI=1S/C19H24ClNO2/c1-3-22-18-11-7-8-14(19(18)23-4-2)12-15(13-21)16-9-5-6-10-17(16)20/h5-11,15H,3-4,12-13,21H2,1-2H3. The quantitative estimate of drug-likeness (QED) is 0.777. The van der Waals surface area contributed by atoms with Gasteiger partial charge in [-0.25, -0.2) is 0 Å². The molecule has 2 aromatic rings. The number of halogens is 1. The fourth-order valence-electron chi connectivity index (χ4n) is 2.69. The van der Waals surface area contributed by atoms with Crippen LogP contribution in [0.1, 0.15) is 30.9 Å². The minimum Gasteiger partial charge on any atom is -0.490 e. The van der Waals surface area contributed by atoms with Gasteiger partial charge in [0, 0.05) is 10.9 Å². The first-order chi connectivity index (χ1) is 11.2. The van der Waals surface area contributed by atoms with Crippen molar-refractivity contribution in [3.63, 3.8) is 0 Å². The van der Waals surface area contributed by atoms with Crippen molar-refractivity contribution in [3.8, 4) is 11.5 Å². The van der Waals surface area contributed by atoms with Crippen molar-refractivity contribution in [2.24, 2.45) is 5.73 Å². The zero-order valence-corrected chi connectivity index (χ0v) is 14.5. The molecule has 0 bridgehead atoms. The molecular formula is C19H24ClNO2. The van der Waals surface area contributed by atoms with Crippen LogP contribution in [-0.2, 0) is 6.42 Å². The molecule has 0 spiro atoms. The van der Waals surface area contributed by atoms with Crippen molar-refractivity contribution >= 4 is 11.6 Å². The average Bonchev–Trinajstić information content (AvgIpc) is 2.56. The van der Waals surface area contributed by atoms with E-state index in [1.807, 2.05) is 50.2 Å². The first kappa shape index (κ1) is 17.6. The number of benzene rings is 2. The highest BCUT2D eigenvalue weighted by atomic mass is 35.5. The summed E-state index contributed by atoms with van der Waals surface area (Å²) in [5, 5.41) is 0.752. The normalized spacial score (nSPS) is 12.0. The Kier molecular flexibility index (Phi) is 6.75. The van der Waals surface area contributed by atoms with E-state index in [1.54, 1.807) is 0 Å². The summed E-state index contributed by atoms with van der Waals surface area (Å²) in [7, 11) is 0. The molecule has 0 saturated heterocycles. The van der Waals surface area contributed by atoms with Gasteiger partial charge in [-0.1, -0.05) is 41.9 Å². The Balaban J connectivity index is 2.33. The van der Waals surface area contributed by atoms with Crippen molar-refractivity contribution in [2.45, 2.75) is 26.2 Å². The van der Waals surface area contributed by atoms with E-state index < -0.39 is 0 Å². The highest BCUT2D eigenvalue weighted by Crippen LogP contribution is 2.35. The molecular weight excluding hydrogens is 310 g/mol. The molecule has 0 amide bonds. The molecule has 0 aliphatic rings. The van der Waals surface area contributed by atoms with E-state index in [4.69, 9.17) is 26.8 Å². The summed E-state index contributed by atoms with van der Waals surface area (Å²) in [5.74, 6) is 1.73. The van der Waals surface area contributed by atoms with E-state index >= 15 is 0 Å². The lowest BCUT2D eigenvalue weighted by Crippen LogP contribution is -2.16. The van der Waals surface area contributed by atoms with Gasteiger partial charge in [-0.2, -0.15) is 0 Å². The smallest absolute Gasteiger partial charge is 0.164 e. The van der Waals surface area contributed by atoms with Crippen molar-refractivity contribution in [2.75, 3.05) is 19.8 Å². The molecule has 0 fully saturated rings. The predicted molar refractivity (Wildman–Crippen MR) is 95.7 cm³/mol. The summed E-state index contributed by atoms with van der Waals surface area (Å²) < 4.78 is 11.5. The minimum absolute atomic E-state index is 0.139. The Morgan fingerprint density at radius 1 is 1.00 bits per heavy atom. The lowest BCUT2D eigenvalue weighted by molar-refractivity contribution is 0.285. The highest BCUT2D eigenvalue weighted by Gasteiger charge is 2.18. The summed E-state index contributed by atoms with van der Waals surface area (Å²) in [4.78, 5) is 0. The molecule has 4 heteroatoms. The Hall–Kier alpha value is -1.71. The van der Waals surface area contributed by atoms with Gasteiger partial charge in [0.05, 0.1) is 13.2 Å². The Labute approximate surface area is 143 Å². The molecule has 0 aromatic heterocycles. The van der Waals surface area contributed by atoms with Crippen LogP contribution in [0.15, 0.2) is 42.5 Å². The number of ether oxygens (including phenoxy) is 2. The first-order valence-electron chi connectivity index (χ1n) is 8.03. The summed E-state index contributed by atoms with van der Waals surface area (Å²) in [6, 6.07) is 13.8. The molecule has 2 rings (SSSR count). The summed E-state index contributed by atoms with van der Waals surface area (Å²) in [5.41, 5.74) is 8.17. The van der Waals surface area contributed by atoms with Crippen LogP contribution in [0.25, 0.3) is 0 Å². The maximum atomic E-state index is 6.33. The molecule has 23 heavy (non-hydrogen) atoms. The maximum Gasteiger partial charge on any atom is 0.164 e. The number of para-hydroxylation sites is 1. The van der Waals surface area contributed by atoms with Crippen molar-refractivity contribution in [1.82, 2.24) is 0 Å². The molecule has 1 atom stereocenters.